The molecule has 0 spiro atoms. The van der Waals surface area contributed by atoms with E-state index >= 15 is 0 Å². The van der Waals surface area contributed by atoms with Crippen molar-refractivity contribution in [2.75, 3.05) is 13.7 Å². The first-order valence-electron chi connectivity index (χ1n) is 9.85. The van der Waals surface area contributed by atoms with Crippen molar-refractivity contribution in [2.45, 2.75) is 43.9 Å². The number of benzene rings is 1. The number of amides is 2. The number of pyridine rings is 1. The third-order valence-corrected chi connectivity index (χ3v) is 5.40. The highest BCUT2D eigenvalue weighted by Gasteiger charge is 2.37. The van der Waals surface area contributed by atoms with E-state index < -0.39 is 11.9 Å². The Balaban J connectivity index is 1.53. The molecule has 0 saturated carbocycles. The zero-order valence-electron chi connectivity index (χ0n) is 16.8. The standard InChI is InChI=1S/C22H25ClN2O5/c1-29-22(28,19-14-17(23)10-12-24-19)11-6-5-9-20(26)25-18(15-30-21(25)27)13-16-7-3-2-4-8-16/h2-4,7-8,10,12,14,18,28H,5-6,9,11,13,15H2,1H3/t18-,22+/m1/s1. The van der Waals surface area contributed by atoms with Crippen LogP contribution in [0.4, 0.5) is 4.79 Å². The number of methoxy groups -OCH3 is 1. The molecule has 1 aromatic carbocycles. The number of ether oxygens (including phenoxy) is 2. The normalized spacial score (nSPS) is 18.2. The van der Waals surface area contributed by atoms with Crippen LogP contribution in [0, 0.1) is 0 Å². The number of carbonyl (C=O) groups excluding carboxylic acids is 2. The Hall–Kier alpha value is -2.48. The zero-order chi connectivity index (χ0) is 21.6. The Labute approximate surface area is 180 Å². The van der Waals surface area contributed by atoms with Gasteiger partial charge in [-0.1, -0.05) is 41.9 Å². The van der Waals surface area contributed by atoms with Crippen molar-refractivity contribution in [3.63, 3.8) is 0 Å². The molecular weight excluding hydrogens is 408 g/mol. The number of imide groups is 1. The summed E-state index contributed by atoms with van der Waals surface area (Å²) in [6.45, 7) is 0.198. The summed E-state index contributed by atoms with van der Waals surface area (Å²) in [7, 11) is 1.39. The average Bonchev–Trinajstić information content (AvgIpc) is 3.11. The quantitative estimate of drug-likeness (QED) is 0.480. The molecule has 1 N–H and O–H groups in total. The lowest BCUT2D eigenvalue weighted by Crippen LogP contribution is -2.40. The molecule has 160 valence electrons. The van der Waals surface area contributed by atoms with Crippen LogP contribution in [0.25, 0.3) is 0 Å². The third-order valence-electron chi connectivity index (χ3n) is 5.16. The molecular formula is C22H25ClN2O5. The first kappa shape index (κ1) is 22.2. The lowest BCUT2D eigenvalue weighted by molar-refractivity contribution is -0.202. The number of cyclic esters (lactones) is 1. The first-order valence-corrected chi connectivity index (χ1v) is 10.2. The summed E-state index contributed by atoms with van der Waals surface area (Å²) in [5.41, 5.74) is 1.35. The fourth-order valence-corrected chi connectivity index (χ4v) is 3.68. The number of carbonyl (C=O) groups is 2. The monoisotopic (exact) mass is 432 g/mol. The van der Waals surface area contributed by atoms with Crippen molar-refractivity contribution in [1.82, 2.24) is 9.88 Å². The van der Waals surface area contributed by atoms with Crippen LogP contribution >= 0.6 is 11.6 Å². The fourth-order valence-electron chi connectivity index (χ4n) is 3.52. The second kappa shape index (κ2) is 10.0. The van der Waals surface area contributed by atoms with E-state index in [1.165, 1.54) is 18.2 Å². The largest absolute Gasteiger partial charge is 0.447 e. The van der Waals surface area contributed by atoms with Crippen LogP contribution < -0.4 is 0 Å². The van der Waals surface area contributed by atoms with Gasteiger partial charge in [-0.3, -0.25) is 9.78 Å². The number of aromatic nitrogens is 1. The SMILES string of the molecule is CO[C@@](O)(CCCCC(=O)N1C(=O)OC[C@H]1Cc1ccccc1)c1cc(Cl)ccn1. The van der Waals surface area contributed by atoms with Gasteiger partial charge in [0, 0.05) is 31.2 Å². The summed E-state index contributed by atoms with van der Waals surface area (Å²) < 4.78 is 10.4. The molecule has 7 nitrogen and oxygen atoms in total. The molecule has 0 radical (unpaired) electrons. The average molecular weight is 433 g/mol. The Morgan fingerprint density at radius 2 is 2.10 bits per heavy atom. The number of aliphatic hydroxyl groups is 1. The summed E-state index contributed by atoms with van der Waals surface area (Å²) in [5.74, 6) is -1.86. The van der Waals surface area contributed by atoms with Crippen LogP contribution in [-0.2, 0) is 26.5 Å². The van der Waals surface area contributed by atoms with E-state index in [2.05, 4.69) is 4.98 Å². The number of hydrogen-bond donors (Lipinski definition) is 1. The van der Waals surface area contributed by atoms with Crippen LogP contribution in [-0.4, -0.2) is 46.7 Å². The molecule has 3 rings (SSSR count). The van der Waals surface area contributed by atoms with Crippen molar-refractivity contribution in [2.24, 2.45) is 0 Å². The number of unbranched alkanes of at least 4 members (excludes halogenated alkanes) is 1. The van der Waals surface area contributed by atoms with E-state index in [1.807, 2.05) is 30.3 Å². The van der Waals surface area contributed by atoms with Gasteiger partial charge >= 0.3 is 6.09 Å². The van der Waals surface area contributed by atoms with Crippen LogP contribution in [0.15, 0.2) is 48.7 Å². The van der Waals surface area contributed by atoms with Gasteiger partial charge in [-0.2, -0.15) is 0 Å². The zero-order valence-corrected chi connectivity index (χ0v) is 17.5. The predicted molar refractivity (Wildman–Crippen MR) is 111 cm³/mol. The highest BCUT2D eigenvalue weighted by molar-refractivity contribution is 6.30. The van der Waals surface area contributed by atoms with E-state index in [1.54, 1.807) is 12.1 Å². The molecule has 2 amide bonds. The second-order valence-corrected chi connectivity index (χ2v) is 7.68. The molecule has 8 heteroatoms. The minimum absolute atomic E-state index is 0.170. The Kier molecular flexibility index (Phi) is 7.42. The van der Waals surface area contributed by atoms with Crippen molar-refractivity contribution < 1.29 is 24.2 Å². The molecule has 1 aliphatic rings. The molecule has 30 heavy (non-hydrogen) atoms. The Morgan fingerprint density at radius 3 is 2.80 bits per heavy atom. The number of hydrogen-bond acceptors (Lipinski definition) is 6. The first-order chi connectivity index (χ1) is 14.4. The topological polar surface area (TPSA) is 89.0 Å². The van der Waals surface area contributed by atoms with Gasteiger partial charge in [0.25, 0.3) is 0 Å². The molecule has 2 aromatic rings. The molecule has 1 aromatic heterocycles. The maximum Gasteiger partial charge on any atom is 0.416 e. The van der Waals surface area contributed by atoms with Gasteiger partial charge in [-0.15, -0.1) is 0 Å². The summed E-state index contributed by atoms with van der Waals surface area (Å²) >= 11 is 5.97. The second-order valence-electron chi connectivity index (χ2n) is 7.24. The molecule has 2 heterocycles. The summed E-state index contributed by atoms with van der Waals surface area (Å²) in [5, 5.41) is 11.2. The van der Waals surface area contributed by atoms with Crippen molar-refractivity contribution >= 4 is 23.6 Å². The smallest absolute Gasteiger partial charge is 0.416 e. The molecule has 1 aliphatic heterocycles. The maximum atomic E-state index is 12.7. The molecule has 1 fully saturated rings. The summed E-state index contributed by atoms with van der Waals surface area (Å²) in [6.07, 6.45) is 2.84. The van der Waals surface area contributed by atoms with E-state index in [0.29, 0.717) is 30.0 Å². The molecule has 1 saturated heterocycles. The van der Waals surface area contributed by atoms with Gasteiger partial charge in [0.1, 0.15) is 12.3 Å². The van der Waals surface area contributed by atoms with E-state index in [9.17, 15) is 14.7 Å². The number of rotatable bonds is 9. The minimum atomic E-state index is -1.59. The summed E-state index contributed by atoms with van der Waals surface area (Å²) in [6, 6.07) is 12.5. The Bertz CT molecular complexity index is 879. The van der Waals surface area contributed by atoms with E-state index in [4.69, 9.17) is 21.1 Å². The predicted octanol–water partition coefficient (Wildman–Crippen LogP) is 3.68. The molecule has 2 atom stereocenters. The third kappa shape index (κ3) is 5.36. The van der Waals surface area contributed by atoms with Crippen molar-refractivity contribution in [3.05, 3.63) is 64.9 Å². The van der Waals surface area contributed by atoms with Crippen LogP contribution in [0.3, 0.4) is 0 Å². The fraction of sp³-hybridized carbons (Fsp3) is 0.409. The number of halogens is 1. The highest BCUT2D eigenvalue weighted by Crippen LogP contribution is 2.28. The van der Waals surface area contributed by atoms with Crippen LogP contribution in [0.2, 0.25) is 5.02 Å². The highest BCUT2D eigenvalue weighted by atomic mass is 35.5. The lowest BCUT2D eigenvalue weighted by atomic mass is 10.0. The van der Waals surface area contributed by atoms with Gasteiger partial charge < -0.3 is 14.6 Å². The lowest BCUT2D eigenvalue weighted by Gasteiger charge is -2.26. The van der Waals surface area contributed by atoms with Crippen molar-refractivity contribution in [3.8, 4) is 0 Å². The van der Waals surface area contributed by atoms with Gasteiger partial charge in [0.2, 0.25) is 11.7 Å². The van der Waals surface area contributed by atoms with Gasteiger partial charge in [-0.25, -0.2) is 9.69 Å². The van der Waals surface area contributed by atoms with Gasteiger partial charge in [0.05, 0.1) is 6.04 Å². The van der Waals surface area contributed by atoms with Crippen LogP contribution in [0.5, 0.6) is 0 Å². The van der Waals surface area contributed by atoms with E-state index in [0.717, 1.165) is 5.56 Å². The molecule has 0 unspecified atom stereocenters. The number of nitrogens with zero attached hydrogens (tertiary/aromatic N) is 2. The maximum absolute atomic E-state index is 12.7. The Morgan fingerprint density at radius 1 is 1.33 bits per heavy atom. The minimum Gasteiger partial charge on any atom is -0.447 e. The van der Waals surface area contributed by atoms with E-state index in [-0.39, 0.29) is 31.4 Å². The van der Waals surface area contributed by atoms with Crippen LogP contribution in [0.1, 0.15) is 36.9 Å². The molecule has 0 bridgehead atoms. The van der Waals surface area contributed by atoms with Gasteiger partial charge in [-0.05, 0) is 37.0 Å². The van der Waals surface area contributed by atoms with Crippen molar-refractivity contribution in [1.29, 1.82) is 0 Å². The van der Waals surface area contributed by atoms with Gasteiger partial charge in [0.15, 0.2) is 0 Å². The molecule has 0 aliphatic carbocycles. The summed E-state index contributed by atoms with van der Waals surface area (Å²) in [4.78, 5) is 30.1.